The number of aliphatic hydroxyl groups excluding tert-OH is 1. The lowest BCUT2D eigenvalue weighted by molar-refractivity contribution is -0.247. The first-order chi connectivity index (χ1) is 48.4. The smallest absolute Gasteiger partial charge is 0.328 e. The first-order valence-corrected chi connectivity index (χ1v) is 43.0. The van der Waals surface area contributed by atoms with Gasteiger partial charge in [0, 0.05) is 19.8 Å². The molecule has 1 rings (SSSR count). The molecule has 0 aromatic carbocycles. The number of carbonyl (C=O) groups is 4. The molecule has 5 N–H and O–H groups in total. The second-order valence-corrected chi connectivity index (χ2v) is 29.9. The molecule has 0 saturated carbocycles. The van der Waals surface area contributed by atoms with Crippen LogP contribution >= 0.6 is 0 Å². The zero-order chi connectivity index (χ0) is 72.3. The molecule has 18 heteroatoms. The second-order valence-electron chi connectivity index (χ2n) is 29.3. The standard InChI is InChI=1S/C81H157N3O14S/c1-7-13-19-25-31-37-40-46-52-58-69(93-61-55-49-43-34-28-22-16-10-4)64-74(86)82-72(80(89)90)68-96-81-78(84-76(88)66-71(60-54-48-42-39-33-27-21-15-9-3)95-63-57-51-45-36-30-24-18-12-6)77(79(98-99(91)92)73(67-85)97-81)83-75(87)65-70(59-53-47-41-38-32-26-20-14-8-2)94-62-56-50-44-35-29-23-17-11-5/h69-73,77-79,81,85H,7-68H2,1-6H3,(H,82,86)(H,83,87)(H,84,88)(H,89,90)(H,91,92)/p-1/t69-,70-,71-,72+,73-,77+,78-,79-,81-/m1/s1. The van der Waals surface area contributed by atoms with E-state index >= 15 is 0 Å². The third kappa shape index (κ3) is 55.8. The molecule has 0 aromatic rings. The number of amides is 3. The summed E-state index contributed by atoms with van der Waals surface area (Å²) in [4.78, 5) is 56.8. The first-order valence-electron chi connectivity index (χ1n) is 42.0. The van der Waals surface area contributed by atoms with Crippen LogP contribution in [-0.2, 0) is 58.4 Å². The molecule has 0 aliphatic carbocycles. The molecular weight excluding hydrogens is 1270 g/mol. The third-order valence-corrected chi connectivity index (χ3v) is 20.4. The fraction of sp³-hybridized carbons (Fsp3) is 0.951. The van der Waals surface area contributed by atoms with Crippen LogP contribution in [0.2, 0.25) is 0 Å². The van der Waals surface area contributed by atoms with E-state index in [-0.39, 0.29) is 19.3 Å². The number of aliphatic carboxylic acids is 1. The van der Waals surface area contributed by atoms with Crippen LogP contribution in [0, 0.1) is 0 Å². The molecule has 0 aromatic heterocycles. The fourth-order valence-corrected chi connectivity index (χ4v) is 14.2. The van der Waals surface area contributed by atoms with E-state index in [9.17, 15) is 38.2 Å². The summed E-state index contributed by atoms with van der Waals surface area (Å²) in [5.41, 5.74) is 0. The molecule has 99 heavy (non-hydrogen) atoms. The van der Waals surface area contributed by atoms with Crippen LogP contribution in [0.4, 0.5) is 0 Å². The van der Waals surface area contributed by atoms with Gasteiger partial charge in [0.05, 0.1) is 68.2 Å². The predicted octanol–water partition coefficient (Wildman–Crippen LogP) is 19.9. The minimum Gasteiger partial charge on any atom is -0.750 e. The number of hydrogen-bond acceptors (Lipinski definition) is 13. The van der Waals surface area contributed by atoms with Crippen molar-refractivity contribution >= 4 is 35.1 Å². The number of carbonyl (C=O) groups excluding carboxylic acids is 3. The number of aliphatic hydroxyl groups is 1. The highest BCUT2D eigenvalue weighted by molar-refractivity contribution is 7.74. The Kier molecular flexibility index (Phi) is 67.0. The molecule has 0 radical (unpaired) electrons. The highest BCUT2D eigenvalue weighted by atomic mass is 32.2. The molecule has 10 atom stereocenters. The highest BCUT2D eigenvalue weighted by Gasteiger charge is 2.49. The van der Waals surface area contributed by atoms with Crippen LogP contribution < -0.4 is 16.0 Å². The van der Waals surface area contributed by atoms with Gasteiger partial charge in [-0.25, -0.2) is 9.00 Å². The van der Waals surface area contributed by atoms with Crippen molar-refractivity contribution in [2.24, 2.45) is 0 Å². The molecule has 1 heterocycles. The lowest BCUT2D eigenvalue weighted by Gasteiger charge is -2.46. The molecule has 17 nitrogen and oxygen atoms in total. The molecular formula is C81H156N3O14S-. The molecule has 1 saturated heterocycles. The number of carboxylic acid groups (broad SMARTS) is 1. The Morgan fingerprint density at radius 1 is 0.404 bits per heavy atom. The van der Waals surface area contributed by atoms with E-state index in [1.165, 1.54) is 199 Å². The Morgan fingerprint density at radius 2 is 0.677 bits per heavy atom. The summed E-state index contributed by atoms with van der Waals surface area (Å²) in [6, 6.07) is -4.36. The van der Waals surface area contributed by atoms with Gasteiger partial charge in [0.2, 0.25) is 17.7 Å². The van der Waals surface area contributed by atoms with Crippen molar-refractivity contribution in [3.05, 3.63) is 0 Å². The van der Waals surface area contributed by atoms with E-state index in [0.717, 1.165) is 128 Å². The van der Waals surface area contributed by atoms with Crippen molar-refractivity contribution in [2.75, 3.05) is 33.0 Å². The van der Waals surface area contributed by atoms with Gasteiger partial charge in [0.25, 0.3) is 0 Å². The van der Waals surface area contributed by atoms with Crippen molar-refractivity contribution in [3.8, 4) is 0 Å². The Bertz CT molecular complexity index is 1790. The molecule has 586 valence electrons. The summed E-state index contributed by atoms with van der Waals surface area (Å²) in [5.74, 6) is -2.87. The van der Waals surface area contributed by atoms with Gasteiger partial charge in [0.15, 0.2) is 12.3 Å². The molecule has 1 fully saturated rings. The van der Waals surface area contributed by atoms with Crippen molar-refractivity contribution in [1.82, 2.24) is 16.0 Å². The van der Waals surface area contributed by atoms with Crippen molar-refractivity contribution < 1.29 is 66.0 Å². The third-order valence-electron chi connectivity index (χ3n) is 20.0. The Balaban J connectivity index is 3.68. The zero-order valence-electron chi connectivity index (χ0n) is 64.7. The van der Waals surface area contributed by atoms with Gasteiger partial charge in [-0.1, -0.05) is 350 Å². The first kappa shape index (κ1) is 94.7. The maximum atomic E-state index is 14.8. The molecule has 1 unspecified atom stereocenters. The molecule has 3 amide bonds. The van der Waals surface area contributed by atoms with E-state index in [4.69, 9.17) is 27.9 Å². The van der Waals surface area contributed by atoms with Crippen LogP contribution in [-0.4, -0.2) is 131 Å². The summed E-state index contributed by atoms with van der Waals surface area (Å²) < 4.78 is 63.0. The number of unbranched alkanes of at least 4 members (excludes halogenated alkanes) is 45. The number of ether oxygens (including phenoxy) is 5. The molecule has 1 aliphatic heterocycles. The Hall–Kier alpha value is -2.29. The fourth-order valence-electron chi connectivity index (χ4n) is 13.7. The van der Waals surface area contributed by atoms with Gasteiger partial charge in [-0.05, 0) is 38.5 Å². The maximum Gasteiger partial charge on any atom is 0.328 e. The lowest BCUT2D eigenvalue weighted by atomic mass is 9.93. The Labute approximate surface area is 609 Å². The van der Waals surface area contributed by atoms with E-state index in [1.807, 2.05) is 0 Å². The van der Waals surface area contributed by atoms with Crippen LogP contribution in [0.1, 0.15) is 408 Å². The largest absolute Gasteiger partial charge is 0.750 e. The van der Waals surface area contributed by atoms with Gasteiger partial charge < -0.3 is 54.4 Å². The Morgan fingerprint density at radius 3 is 0.960 bits per heavy atom. The van der Waals surface area contributed by atoms with Gasteiger partial charge in [-0.2, -0.15) is 0 Å². The van der Waals surface area contributed by atoms with Crippen LogP contribution in [0.3, 0.4) is 0 Å². The summed E-state index contributed by atoms with van der Waals surface area (Å²) in [6.45, 7) is 13.4. The van der Waals surface area contributed by atoms with Crippen molar-refractivity contribution in [3.63, 3.8) is 0 Å². The lowest BCUT2D eigenvalue weighted by Crippen LogP contribution is -2.70. The van der Waals surface area contributed by atoms with Gasteiger partial charge in [-0.3, -0.25) is 18.6 Å². The minimum absolute atomic E-state index is 0.0488. The van der Waals surface area contributed by atoms with Crippen molar-refractivity contribution in [1.29, 1.82) is 0 Å². The average Bonchev–Trinajstić information content (AvgIpc) is 0.787. The zero-order valence-corrected chi connectivity index (χ0v) is 65.6. The van der Waals surface area contributed by atoms with Gasteiger partial charge in [-0.15, -0.1) is 0 Å². The normalized spacial score (nSPS) is 17.9. The molecule has 1 aliphatic rings. The summed E-state index contributed by atoms with van der Waals surface area (Å²) >= 11 is -3.19. The average molecular weight is 1430 g/mol. The number of rotatable bonds is 76. The topological polar surface area (TPSA) is 240 Å². The SMILES string of the molecule is CCCCCCCCCCC[C@H](CC(=O)N[C@H]1[C@H](OC[C@H](NC(=O)C[C@@H](CCCCCCCCCCC)OCCCCCCCCCC)C(=O)O)O[C@H](CO)[C@@H](OS(=O)[O-])[C@H]1NC(=O)C[C@@H](CCCCCCCCCCC)OCCCCCCCCCC)OCCCCCCCCCC. The van der Waals surface area contributed by atoms with Crippen LogP contribution in [0.15, 0.2) is 0 Å². The van der Waals surface area contributed by atoms with E-state index in [2.05, 4.69) is 57.5 Å². The summed E-state index contributed by atoms with van der Waals surface area (Å²) in [7, 11) is 0. The highest BCUT2D eigenvalue weighted by Crippen LogP contribution is 2.28. The monoisotopic (exact) mass is 1430 g/mol. The number of hydrogen-bond donors (Lipinski definition) is 5. The van der Waals surface area contributed by atoms with Crippen LogP contribution in [0.25, 0.3) is 0 Å². The van der Waals surface area contributed by atoms with Gasteiger partial charge in [0.1, 0.15) is 18.2 Å². The molecule has 0 spiro atoms. The van der Waals surface area contributed by atoms with E-state index in [1.54, 1.807) is 0 Å². The summed E-state index contributed by atoms with van der Waals surface area (Å²) in [5, 5.41) is 30.5. The van der Waals surface area contributed by atoms with Gasteiger partial charge >= 0.3 is 5.97 Å². The molecule has 0 bridgehead atoms. The maximum absolute atomic E-state index is 14.8. The van der Waals surface area contributed by atoms with E-state index in [0.29, 0.717) is 39.1 Å². The van der Waals surface area contributed by atoms with E-state index < -0.39 is 103 Å². The number of carboxylic acids is 1. The minimum atomic E-state index is -3.19. The predicted molar refractivity (Wildman–Crippen MR) is 405 cm³/mol. The number of nitrogens with one attached hydrogen (secondary N) is 3. The summed E-state index contributed by atoms with van der Waals surface area (Å²) in [6.07, 6.45) is 54.1. The van der Waals surface area contributed by atoms with Crippen LogP contribution in [0.5, 0.6) is 0 Å². The second kappa shape index (κ2) is 70.0. The quantitative estimate of drug-likeness (QED) is 0.0281. The van der Waals surface area contributed by atoms with Crippen molar-refractivity contribution in [2.45, 2.75) is 462 Å².